The number of nitrogens with zero attached hydrogens (tertiary/aromatic N) is 4. The van der Waals surface area contributed by atoms with Crippen molar-refractivity contribution in [1.29, 1.82) is 0 Å². The lowest BCUT2D eigenvalue weighted by Gasteiger charge is -2.14. The first-order valence-electron chi connectivity index (χ1n) is 9.13. The summed E-state index contributed by atoms with van der Waals surface area (Å²) in [4.78, 5) is 12.6. The Bertz CT molecular complexity index is 720. The summed E-state index contributed by atoms with van der Waals surface area (Å²) >= 11 is 0. The van der Waals surface area contributed by atoms with Crippen molar-refractivity contribution < 1.29 is 4.79 Å². The lowest BCUT2D eigenvalue weighted by Crippen LogP contribution is -2.18. The monoisotopic (exact) mass is 327 g/mol. The van der Waals surface area contributed by atoms with E-state index >= 15 is 0 Å². The molecule has 2 aliphatic rings. The third kappa shape index (κ3) is 2.97. The predicted molar refractivity (Wildman–Crippen MR) is 92.2 cm³/mol. The molecular formula is C18H25N5O. The number of rotatable bonds is 4. The number of aromatic nitrogens is 4. The van der Waals surface area contributed by atoms with Crippen molar-refractivity contribution in [3.05, 3.63) is 29.7 Å². The van der Waals surface area contributed by atoms with Gasteiger partial charge < -0.3 is 5.32 Å². The van der Waals surface area contributed by atoms with Gasteiger partial charge in [0.2, 0.25) is 0 Å². The molecule has 1 amide bonds. The molecule has 0 bridgehead atoms. The maximum atomic E-state index is 12.6. The van der Waals surface area contributed by atoms with E-state index in [1.807, 2.05) is 34.6 Å². The molecule has 2 aromatic rings. The van der Waals surface area contributed by atoms with Crippen LogP contribution in [0.1, 0.15) is 79.6 Å². The zero-order chi connectivity index (χ0) is 16.5. The van der Waals surface area contributed by atoms with Gasteiger partial charge in [0, 0.05) is 12.3 Å². The second kappa shape index (κ2) is 6.42. The highest BCUT2D eigenvalue weighted by Crippen LogP contribution is 2.32. The van der Waals surface area contributed by atoms with Crippen molar-refractivity contribution in [1.82, 2.24) is 19.6 Å². The molecule has 0 aromatic carbocycles. The highest BCUT2D eigenvalue weighted by molar-refractivity contribution is 6.02. The molecule has 2 heterocycles. The fraction of sp³-hybridized carbons (Fsp3) is 0.611. The lowest BCUT2D eigenvalue weighted by atomic mass is 10.2. The molecule has 2 saturated carbocycles. The Kier molecular flexibility index (Phi) is 4.12. The maximum Gasteiger partial charge on any atom is 0.277 e. The Labute approximate surface area is 142 Å². The van der Waals surface area contributed by atoms with E-state index in [0.717, 1.165) is 37.2 Å². The molecule has 24 heavy (non-hydrogen) atoms. The zero-order valence-corrected chi connectivity index (χ0v) is 14.2. The Morgan fingerprint density at radius 2 is 1.75 bits per heavy atom. The summed E-state index contributed by atoms with van der Waals surface area (Å²) in [5.41, 5.74) is 1.42. The summed E-state index contributed by atoms with van der Waals surface area (Å²) in [5.74, 6) is 0.644. The summed E-state index contributed by atoms with van der Waals surface area (Å²) < 4.78 is 3.95. The van der Waals surface area contributed by atoms with E-state index < -0.39 is 0 Å². The van der Waals surface area contributed by atoms with Crippen LogP contribution in [0.5, 0.6) is 0 Å². The number of nitrogens with one attached hydrogen (secondary N) is 1. The van der Waals surface area contributed by atoms with E-state index in [1.54, 1.807) is 0 Å². The Morgan fingerprint density at radius 1 is 1.08 bits per heavy atom. The number of carbonyl (C=O) groups is 1. The van der Waals surface area contributed by atoms with Crippen molar-refractivity contribution in [3.63, 3.8) is 0 Å². The molecule has 4 rings (SSSR count). The Balaban J connectivity index is 1.50. The van der Waals surface area contributed by atoms with Gasteiger partial charge in [0.25, 0.3) is 5.91 Å². The van der Waals surface area contributed by atoms with Gasteiger partial charge in [-0.3, -0.25) is 9.48 Å². The van der Waals surface area contributed by atoms with Crippen LogP contribution in [-0.4, -0.2) is 25.5 Å². The molecule has 0 unspecified atom stereocenters. The van der Waals surface area contributed by atoms with Gasteiger partial charge >= 0.3 is 0 Å². The molecule has 128 valence electrons. The van der Waals surface area contributed by atoms with Crippen molar-refractivity contribution in [3.8, 4) is 0 Å². The van der Waals surface area contributed by atoms with Crippen LogP contribution >= 0.6 is 0 Å². The highest BCUT2D eigenvalue weighted by Gasteiger charge is 2.23. The molecule has 6 nitrogen and oxygen atoms in total. The molecule has 0 radical (unpaired) electrons. The van der Waals surface area contributed by atoms with Gasteiger partial charge in [0.05, 0.1) is 17.8 Å². The number of anilines is 1. The highest BCUT2D eigenvalue weighted by atomic mass is 16.2. The molecule has 1 N–H and O–H groups in total. The van der Waals surface area contributed by atoms with Gasteiger partial charge in [-0.15, -0.1) is 0 Å². The lowest BCUT2D eigenvalue weighted by molar-refractivity contribution is 0.102. The number of hydrogen-bond donors (Lipinski definition) is 1. The summed E-state index contributed by atoms with van der Waals surface area (Å²) in [5, 5.41) is 12.1. The minimum absolute atomic E-state index is 0.147. The summed E-state index contributed by atoms with van der Waals surface area (Å²) in [6.07, 6.45) is 11.5. The number of aryl methyl sites for hydroxylation is 1. The number of amides is 1. The van der Waals surface area contributed by atoms with Gasteiger partial charge in [0.1, 0.15) is 5.82 Å². The minimum atomic E-state index is -0.147. The quantitative estimate of drug-likeness (QED) is 0.927. The molecule has 0 atom stereocenters. The largest absolute Gasteiger partial charge is 0.305 e. The topological polar surface area (TPSA) is 64.7 Å². The average Bonchev–Trinajstić information content (AvgIpc) is 3.35. The molecule has 0 spiro atoms. The first kappa shape index (κ1) is 15.4. The second-order valence-electron chi connectivity index (χ2n) is 7.13. The molecule has 0 aliphatic heterocycles. The van der Waals surface area contributed by atoms with Gasteiger partial charge in [-0.2, -0.15) is 10.2 Å². The fourth-order valence-corrected chi connectivity index (χ4v) is 4.05. The average molecular weight is 327 g/mol. The fourth-order valence-electron chi connectivity index (χ4n) is 4.05. The van der Waals surface area contributed by atoms with Crippen molar-refractivity contribution in [2.24, 2.45) is 0 Å². The van der Waals surface area contributed by atoms with E-state index in [4.69, 9.17) is 0 Å². The van der Waals surface area contributed by atoms with Gasteiger partial charge in [-0.05, 0) is 38.7 Å². The van der Waals surface area contributed by atoms with Crippen LogP contribution < -0.4 is 5.32 Å². The van der Waals surface area contributed by atoms with Crippen molar-refractivity contribution in [2.75, 3.05) is 5.32 Å². The van der Waals surface area contributed by atoms with Gasteiger partial charge in [-0.1, -0.05) is 25.7 Å². The SMILES string of the molecule is Cc1cc(NC(=O)c2ccn(C3CCCC3)n2)n(C2CCCC2)n1. The molecule has 6 heteroatoms. The van der Waals surface area contributed by atoms with E-state index in [1.165, 1.54) is 25.7 Å². The van der Waals surface area contributed by atoms with Crippen molar-refractivity contribution >= 4 is 11.7 Å². The van der Waals surface area contributed by atoms with Crippen LogP contribution in [0.25, 0.3) is 0 Å². The van der Waals surface area contributed by atoms with E-state index in [9.17, 15) is 4.79 Å². The third-order valence-corrected chi connectivity index (χ3v) is 5.31. The maximum absolute atomic E-state index is 12.6. The van der Waals surface area contributed by atoms with Crippen LogP contribution in [0.2, 0.25) is 0 Å². The van der Waals surface area contributed by atoms with Gasteiger partial charge in [-0.25, -0.2) is 4.68 Å². The van der Waals surface area contributed by atoms with Crippen molar-refractivity contribution in [2.45, 2.75) is 70.4 Å². The van der Waals surface area contributed by atoms with Crippen LogP contribution in [0.3, 0.4) is 0 Å². The molecular weight excluding hydrogens is 302 g/mol. The molecule has 2 fully saturated rings. The number of carbonyl (C=O) groups excluding carboxylic acids is 1. The summed E-state index contributed by atoms with van der Waals surface area (Å²) in [6, 6.07) is 4.63. The normalized spacial score (nSPS) is 19.2. The molecule has 2 aromatic heterocycles. The van der Waals surface area contributed by atoms with E-state index in [-0.39, 0.29) is 5.91 Å². The molecule has 2 aliphatic carbocycles. The van der Waals surface area contributed by atoms with Crippen LogP contribution in [0.4, 0.5) is 5.82 Å². The smallest absolute Gasteiger partial charge is 0.277 e. The van der Waals surface area contributed by atoms with Crippen LogP contribution in [0, 0.1) is 6.92 Å². The summed E-state index contributed by atoms with van der Waals surface area (Å²) in [7, 11) is 0. The molecule has 0 saturated heterocycles. The third-order valence-electron chi connectivity index (χ3n) is 5.31. The zero-order valence-electron chi connectivity index (χ0n) is 14.2. The first-order valence-corrected chi connectivity index (χ1v) is 9.13. The summed E-state index contributed by atoms with van der Waals surface area (Å²) in [6.45, 7) is 1.97. The first-order chi connectivity index (χ1) is 11.7. The predicted octanol–water partition coefficient (Wildman–Crippen LogP) is 3.87. The van der Waals surface area contributed by atoms with Gasteiger partial charge in [0.15, 0.2) is 5.69 Å². The van der Waals surface area contributed by atoms with Crippen LogP contribution in [-0.2, 0) is 0 Å². The standard InChI is InChI=1S/C18H25N5O/c1-13-12-17(23(20-13)15-8-4-5-9-15)19-18(24)16-10-11-22(21-16)14-6-2-3-7-14/h10-12,14-15H,2-9H2,1H3,(H,19,24). The van der Waals surface area contributed by atoms with Crippen LogP contribution in [0.15, 0.2) is 18.3 Å². The Morgan fingerprint density at radius 3 is 2.46 bits per heavy atom. The second-order valence-corrected chi connectivity index (χ2v) is 7.13. The van der Waals surface area contributed by atoms with E-state index in [2.05, 4.69) is 15.5 Å². The number of hydrogen-bond acceptors (Lipinski definition) is 3. The Hall–Kier alpha value is -2.11. The van der Waals surface area contributed by atoms with E-state index in [0.29, 0.717) is 17.8 Å². The minimum Gasteiger partial charge on any atom is -0.305 e.